The number of amides is 3. The molecule has 1 aromatic heterocycles. The molecule has 2 atom stereocenters. The summed E-state index contributed by atoms with van der Waals surface area (Å²) in [6, 6.07) is -1.19. The maximum absolute atomic E-state index is 12.5. The van der Waals surface area contributed by atoms with E-state index in [1.807, 2.05) is 13.8 Å². The van der Waals surface area contributed by atoms with Gasteiger partial charge in [-0.2, -0.15) is 0 Å². The third kappa shape index (κ3) is 4.84. The van der Waals surface area contributed by atoms with Crippen molar-refractivity contribution in [2.24, 2.45) is 11.7 Å². The number of hydrazine groups is 1. The molecule has 11 heteroatoms. The van der Waals surface area contributed by atoms with Crippen molar-refractivity contribution in [2.75, 3.05) is 18.4 Å². The van der Waals surface area contributed by atoms with E-state index in [1.54, 1.807) is 0 Å². The highest BCUT2D eigenvalue weighted by atomic mass is 35.5. The van der Waals surface area contributed by atoms with E-state index in [2.05, 4.69) is 15.3 Å². The van der Waals surface area contributed by atoms with E-state index in [0.717, 1.165) is 6.42 Å². The van der Waals surface area contributed by atoms with Crippen molar-refractivity contribution in [3.8, 4) is 0 Å². The number of nitrogens with zero attached hydrogens (tertiary/aromatic N) is 4. The number of carbonyl (C=O) groups excluding carboxylic acids is 2. The van der Waals surface area contributed by atoms with Gasteiger partial charge in [0.05, 0.1) is 6.04 Å². The zero-order valence-corrected chi connectivity index (χ0v) is 16.2. The Morgan fingerprint density at radius 3 is 2.40 bits per heavy atom. The first-order chi connectivity index (χ1) is 11.4. The fourth-order valence-corrected chi connectivity index (χ4v) is 2.75. The van der Waals surface area contributed by atoms with E-state index in [9.17, 15) is 9.59 Å². The van der Waals surface area contributed by atoms with E-state index < -0.39 is 12.1 Å². The SMILES string of the molecule is CCC(C)C(N)C(=O)N1CCCN1C(=O)Nc1c(Cl)ncnc1Cl.Cl. The smallest absolute Gasteiger partial charge is 0.320 e. The molecule has 0 aromatic carbocycles. The first kappa shape index (κ1) is 21.7. The zero-order valence-electron chi connectivity index (χ0n) is 13.9. The van der Waals surface area contributed by atoms with Gasteiger partial charge in [0.25, 0.3) is 5.91 Å². The van der Waals surface area contributed by atoms with Crippen LogP contribution in [0.25, 0.3) is 0 Å². The van der Waals surface area contributed by atoms with Gasteiger partial charge in [0.1, 0.15) is 12.0 Å². The topological polar surface area (TPSA) is 104 Å². The number of hydrogen-bond acceptors (Lipinski definition) is 5. The predicted octanol–water partition coefficient (Wildman–Crippen LogP) is 2.56. The van der Waals surface area contributed by atoms with Gasteiger partial charge in [0, 0.05) is 13.1 Å². The lowest BCUT2D eigenvalue weighted by atomic mass is 9.99. The van der Waals surface area contributed by atoms with Crippen LogP contribution in [0.2, 0.25) is 10.3 Å². The molecule has 3 N–H and O–H groups in total. The van der Waals surface area contributed by atoms with Crippen LogP contribution in [0.1, 0.15) is 26.7 Å². The number of nitrogens with two attached hydrogens (primary N) is 1. The van der Waals surface area contributed by atoms with Crippen LogP contribution in [-0.2, 0) is 4.79 Å². The van der Waals surface area contributed by atoms with Gasteiger partial charge < -0.3 is 11.1 Å². The molecule has 2 rings (SSSR count). The van der Waals surface area contributed by atoms with Crippen LogP contribution < -0.4 is 11.1 Å². The summed E-state index contributed by atoms with van der Waals surface area (Å²) in [5, 5.41) is 5.28. The third-order valence-corrected chi connectivity index (χ3v) is 4.62. The normalized spacial score (nSPS) is 16.2. The molecule has 0 aliphatic carbocycles. The van der Waals surface area contributed by atoms with E-state index in [4.69, 9.17) is 28.9 Å². The number of nitrogens with one attached hydrogen (secondary N) is 1. The molecule has 1 fully saturated rings. The number of carbonyl (C=O) groups is 2. The average molecular weight is 412 g/mol. The largest absolute Gasteiger partial charge is 0.340 e. The van der Waals surface area contributed by atoms with Gasteiger partial charge in [-0.05, 0) is 12.3 Å². The fourth-order valence-electron chi connectivity index (χ4n) is 2.34. The number of urea groups is 1. The Kier molecular flexibility index (Phi) is 8.14. The van der Waals surface area contributed by atoms with Crippen LogP contribution in [0.3, 0.4) is 0 Å². The second-order valence-electron chi connectivity index (χ2n) is 5.61. The molecule has 0 spiro atoms. The van der Waals surface area contributed by atoms with Crippen molar-refractivity contribution in [1.82, 2.24) is 20.0 Å². The molecule has 1 aliphatic heterocycles. The maximum atomic E-state index is 12.5. The Morgan fingerprint density at radius 2 is 1.84 bits per heavy atom. The summed E-state index contributed by atoms with van der Waals surface area (Å²) in [7, 11) is 0. The Hall–Kier alpha value is -1.35. The van der Waals surface area contributed by atoms with Crippen LogP contribution >= 0.6 is 35.6 Å². The number of halogens is 3. The van der Waals surface area contributed by atoms with Crippen molar-refractivity contribution >= 4 is 53.2 Å². The molecule has 2 unspecified atom stereocenters. The molecule has 0 saturated carbocycles. The highest BCUT2D eigenvalue weighted by molar-refractivity contribution is 6.38. The minimum absolute atomic E-state index is 0. The van der Waals surface area contributed by atoms with E-state index in [-0.39, 0.29) is 40.2 Å². The molecule has 2 heterocycles. The molecule has 0 radical (unpaired) electrons. The molecule has 1 aliphatic rings. The summed E-state index contributed by atoms with van der Waals surface area (Å²) in [5.41, 5.74) is 6.11. The van der Waals surface area contributed by atoms with Gasteiger partial charge in [-0.3, -0.25) is 4.79 Å². The first-order valence-corrected chi connectivity index (χ1v) is 8.43. The zero-order chi connectivity index (χ0) is 17.9. The molecule has 3 amide bonds. The Labute approximate surface area is 162 Å². The van der Waals surface area contributed by atoms with Gasteiger partial charge in [0.15, 0.2) is 10.3 Å². The van der Waals surface area contributed by atoms with Gasteiger partial charge >= 0.3 is 6.03 Å². The van der Waals surface area contributed by atoms with Gasteiger partial charge in [0.2, 0.25) is 0 Å². The van der Waals surface area contributed by atoms with Crippen molar-refractivity contribution in [2.45, 2.75) is 32.7 Å². The van der Waals surface area contributed by atoms with E-state index in [1.165, 1.54) is 16.3 Å². The highest BCUT2D eigenvalue weighted by Crippen LogP contribution is 2.26. The summed E-state index contributed by atoms with van der Waals surface area (Å²) in [5.74, 6) is -0.257. The van der Waals surface area contributed by atoms with Crippen LogP contribution in [0, 0.1) is 5.92 Å². The number of aromatic nitrogens is 2. The minimum atomic E-state index is -0.657. The predicted molar refractivity (Wildman–Crippen MR) is 98.8 cm³/mol. The number of rotatable bonds is 4. The van der Waals surface area contributed by atoms with Crippen molar-refractivity contribution in [1.29, 1.82) is 0 Å². The molecule has 0 bridgehead atoms. The van der Waals surface area contributed by atoms with Crippen LogP contribution in [-0.4, -0.2) is 51.1 Å². The Bertz CT molecular complexity index is 612. The lowest BCUT2D eigenvalue weighted by Crippen LogP contribution is -2.53. The second kappa shape index (κ2) is 9.38. The van der Waals surface area contributed by atoms with Crippen LogP contribution in [0.15, 0.2) is 6.33 Å². The molecular weight excluding hydrogens is 391 g/mol. The van der Waals surface area contributed by atoms with Crippen molar-refractivity contribution in [3.63, 3.8) is 0 Å². The average Bonchev–Trinajstić information content (AvgIpc) is 3.05. The quantitative estimate of drug-likeness (QED) is 0.741. The molecular formula is C14H21Cl3N6O2. The van der Waals surface area contributed by atoms with Crippen molar-refractivity contribution < 1.29 is 9.59 Å². The molecule has 140 valence electrons. The van der Waals surface area contributed by atoms with Crippen LogP contribution in [0.4, 0.5) is 10.5 Å². The summed E-state index contributed by atoms with van der Waals surface area (Å²) >= 11 is 11.8. The molecule has 1 saturated heterocycles. The molecule has 8 nitrogen and oxygen atoms in total. The lowest BCUT2D eigenvalue weighted by molar-refractivity contribution is -0.142. The summed E-state index contributed by atoms with van der Waals surface area (Å²) in [4.78, 5) is 32.6. The van der Waals surface area contributed by atoms with E-state index in [0.29, 0.717) is 19.5 Å². The second-order valence-corrected chi connectivity index (χ2v) is 6.33. The standard InChI is InChI=1S/C14H20Cl2N6O2.ClH/c1-3-8(2)9(17)13(23)21-5-4-6-22(21)14(24)20-10-11(15)18-7-19-12(10)16;/h7-9H,3-6,17H2,1-2H3,(H,20,24);1H. The van der Waals surface area contributed by atoms with Crippen molar-refractivity contribution in [3.05, 3.63) is 16.6 Å². The fraction of sp³-hybridized carbons (Fsp3) is 0.571. The first-order valence-electron chi connectivity index (χ1n) is 7.68. The lowest BCUT2D eigenvalue weighted by Gasteiger charge is -2.31. The maximum Gasteiger partial charge on any atom is 0.340 e. The van der Waals surface area contributed by atoms with Crippen LogP contribution in [0.5, 0.6) is 0 Å². The Balaban J connectivity index is 0.00000312. The number of hydrogen-bond donors (Lipinski definition) is 2. The molecule has 25 heavy (non-hydrogen) atoms. The monoisotopic (exact) mass is 410 g/mol. The van der Waals surface area contributed by atoms with E-state index >= 15 is 0 Å². The number of anilines is 1. The summed E-state index contributed by atoms with van der Waals surface area (Å²) in [6.07, 6.45) is 2.63. The highest BCUT2D eigenvalue weighted by Gasteiger charge is 2.35. The van der Waals surface area contributed by atoms with Gasteiger partial charge in [-0.25, -0.2) is 24.8 Å². The summed E-state index contributed by atoms with van der Waals surface area (Å²) in [6.45, 7) is 4.70. The molecule has 1 aromatic rings. The van der Waals surface area contributed by atoms with Gasteiger partial charge in [-0.15, -0.1) is 12.4 Å². The summed E-state index contributed by atoms with van der Waals surface area (Å²) < 4.78 is 0. The third-order valence-electron chi connectivity index (χ3n) is 4.05. The minimum Gasteiger partial charge on any atom is -0.320 e. The Morgan fingerprint density at radius 1 is 1.28 bits per heavy atom. The van der Waals surface area contributed by atoms with Gasteiger partial charge in [-0.1, -0.05) is 43.5 Å².